The van der Waals surface area contributed by atoms with Crippen LogP contribution in [0.1, 0.15) is 10.6 Å². The van der Waals surface area contributed by atoms with E-state index in [4.69, 9.17) is 0 Å². The van der Waals surface area contributed by atoms with Crippen molar-refractivity contribution in [1.82, 2.24) is 4.98 Å². The zero-order valence-electron chi connectivity index (χ0n) is 9.54. The van der Waals surface area contributed by atoms with E-state index in [1.165, 1.54) is 0 Å². The number of benzodiazepines with no additional fused rings is 1. The quantitative estimate of drug-likeness (QED) is 0.837. The summed E-state index contributed by atoms with van der Waals surface area (Å²) in [4.78, 5) is 19.8. The molecule has 0 aliphatic carbocycles. The largest absolute Gasteiger partial charge is 0.373 e. The molecule has 1 N–H and O–H groups in total. The summed E-state index contributed by atoms with van der Waals surface area (Å²) in [5, 5.41) is 6.01. The van der Waals surface area contributed by atoms with Gasteiger partial charge < -0.3 is 10.1 Å². The molecule has 1 aliphatic heterocycles. The molecule has 3 rings (SSSR count). The van der Waals surface area contributed by atoms with Crippen molar-refractivity contribution in [3.05, 3.63) is 46.4 Å². The van der Waals surface area contributed by atoms with Crippen molar-refractivity contribution in [3.8, 4) is 0 Å². The number of thiazole rings is 1. The Hall–Kier alpha value is -2.01. The second kappa shape index (κ2) is 4.70. The van der Waals surface area contributed by atoms with Crippen LogP contribution in [0, 0.1) is 0 Å². The highest BCUT2D eigenvalue weighted by atomic mass is 32.1. The van der Waals surface area contributed by atoms with Crippen LogP contribution >= 0.6 is 11.3 Å². The monoisotopic (exact) mass is 257 g/mol. The fourth-order valence-corrected chi connectivity index (χ4v) is 2.59. The second-order valence-corrected chi connectivity index (χ2v) is 4.85. The number of fused-ring (bicyclic) bond motifs is 1. The van der Waals surface area contributed by atoms with Crippen LogP contribution in [0.3, 0.4) is 0 Å². The molecule has 0 saturated heterocycles. The average Bonchev–Trinajstić information content (AvgIpc) is 2.86. The van der Waals surface area contributed by atoms with Gasteiger partial charge in [0.1, 0.15) is 23.0 Å². The van der Waals surface area contributed by atoms with Gasteiger partial charge in [0.15, 0.2) is 0 Å². The number of hydrogen-bond acceptors (Lipinski definition) is 5. The van der Waals surface area contributed by atoms with Crippen LogP contribution in [-0.4, -0.2) is 29.6 Å². The fraction of sp³-hybridized carbons (Fsp3) is 0.154. The number of carbonyl (C=O) groups excluding carboxylic acids is 1. The summed E-state index contributed by atoms with van der Waals surface area (Å²) in [5.74, 6) is 0. The predicted molar refractivity (Wildman–Crippen MR) is 72.5 cm³/mol. The van der Waals surface area contributed by atoms with E-state index in [-0.39, 0.29) is 6.04 Å². The highest BCUT2D eigenvalue weighted by molar-refractivity contribution is 7.11. The standard InChI is InChI=1S/C13H11N3OS/c17-8-9-7-15-12(13-14-5-6-18-13)10-3-1-2-4-11(10)16-9/h1-6,8-9,16H,7H2. The van der Waals surface area contributed by atoms with Crippen molar-refractivity contribution < 1.29 is 4.79 Å². The normalized spacial score (nSPS) is 18.2. The summed E-state index contributed by atoms with van der Waals surface area (Å²) >= 11 is 1.55. The zero-order valence-corrected chi connectivity index (χ0v) is 10.4. The molecule has 1 aromatic heterocycles. The molecule has 0 amide bonds. The molecule has 1 aromatic carbocycles. The summed E-state index contributed by atoms with van der Waals surface area (Å²) in [6.45, 7) is 0.438. The minimum atomic E-state index is -0.274. The number of benzene rings is 1. The summed E-state index contributed by atoms with van der Waals surface area (Å²) in [5.41, 5.74) is 2.79. The third kappa shape index (κ3) is 1.93. The van der Waals surface area contributed by atoms with Crippen LogP contribution < -0.4 is 5.32 Å². The molecule has 0 bridgehead atoms. The predicted octanol–water partition coefficient (Wildman–Crippen LogP) is 1.97. The Morgan fingerprint density at radius 2 is 2.28 bits per heavy atom. The lowest BCUT2D eigenvalue weighted by Gasteiger charge is -2.11. The van der Waals surface area contributed by atoms with Crippen LogP contribution in [0.4, 0.5) is 5.69 Å². The molecule has 2 heterocycles. The van der Waals surface area contributed by atoms with Gasteiger partial charge in [0.05, 0.1) is 6.54 Å². The summed E-state index contributed by atoms with van der Waals surface area (Å²) in [6, 6.07) is 7.59. The van der Waals surface area contributed by atoms with E-state index in [1.807, 2.05) is 29.6 Å². The highest BCUT2D eigenvalue weighted by Crippen LogP contribution is 2.24. The molecule has 0 fully saturated rings. The van der Waals surface area contributed by atoms with Gasteiger partial charge in [-0.05, 0) is 6.07 Å². The maximum Gasteiger partial charge on any atom is 0.144 e. The molecule has 1 aliphatic rings. The number of aromatic nitrogens is 1. The van der Waals surface area contributed by atoms with Crippen molar-refractivity contribution in [3.63, 3.8) is 0 Å². The Bertz CT molecular complexity index is 592. The first-order valence-corrected chi connectivity index (χ1v) is 6.52. The smallest absolute Gasteiger partial charge is 0.144 e. The maximum absolute atomic E-state index is 11.0. The van der Waals surface area contributed by atoms with E-state index in [1.54, 1.807) is 17.5 Å². The number of nitrogens with zero attached hydrogens (tertiary/aromatic N) is 2. The summed E-state index contributed by atoms with van der Waals surface area (Å²) < 4.78 is 0. The SMILES string of the molecule is O=CC1CN=C(c2nccs2)c2ccccc2N1. The lowest BCUT2D eigenvalue weighted by atomic mass is 10.1. The molecule has 4 nitrogen and oxygen atoms in total. The number of nitrogens with one attached hydrogen (secondary N) is 1. The molecule has 90 valence electrons. The number of rotatable bonds is 2. The molecule has 18 heavy (non-hydrogen) atoms. The maximum atomic E-state index is 11.0. The first-order valence-electron chi connectivity index (χ1n) is 5.64. The van der Waals surface area contributed by atoms with E-state index in [2.05, 4.69) is 15.3 Å². The van der Waals surface area contributed by atoms with Crippen LogP contribution in [-0.2, 0) is 4.79 Å². The molecular formula is C13H11N3OS. The lowest BCUT2D eigenvalue weighted by Crippen LogP contribution is -2.23. The van der Waals surface area contributed by atoms with Gasteiger partial charge in [0.25, 0.3) is 0 Å². The third-order valence-corrected chi connectivity index (χ3v) is 3.55. The minimum Gasteiger partial charge on any atom is -0.373 e. The molecule has 0 saturated carbocycles. The fourth-order valence-electron chi connectivity index (χ4n) is 1.94. The molecule has 5 heteroatoms. The van der Waals surface area contributed by atoms with Gasteiger partial charge in [-0.25, -0.2) is 4.98 Å². The topological polar surface area (TPSA) is 54.4 Å². The molecule has 1 atom stereocenters. The van der Waals surface area contributed by atoms with E-state index in [0.29, 0.717) is 6.54 Å². The van der Waals surface area contributed by atoms with Crippen LogP contribution in [0.2, 0.25) is 0 Å². The van der Waals surface area contributed by atoms with Crippen molar-refractivity contribution in [2.45, 2.75) is 6.04 Å². The Morgan fingerprint density at radius 1 is 1.39 bits per heavy atom. The Balaban J connectivity index is 2.13. The van der Waals surface area contributed by atoms with E-state index in [0.717, 1.165) is 28.3 Å². The average molecular weight is 257 g/mol. The highest BCUT2D eigenvalue weighted by Gasteiger charge is 2.19. The van der Waals surface area contributed by atoms with Crippen molar-refractivity contribution in [1.29, 1.82) is 0 Å². The second-order valence-electron chi connectivity index (χ2n) is 3.96. The summed E-state index contributed by atoms with van der Waals surface area (Å²) in [7, 11) is 0. The van der Waals surface area contributed by atoms with Crippen molar-refractivity contribution >= 4 is 29.0 Å². The first kappa shape index (κ1) is 11.1. The van der Waals surface area contributed by atoms with E-state index >= 15 is 0 Å². The number of anilines is 1. The molecule has 0 spiro atoms. The Morgan fingerprint density at radius 3 is 3.06 bits per heavy atom. The molecular weight excluding hydrogens is 246 g/mol. The van der Waals surface area contributed by atoms with Gasteiger partial charge >= 0.3 is 0 Å². The number of aldehydes is 1. The number of para-hydroxylation sites is 1. The first-order chi connectivity index (χ1) is 8.88. The number of hydrogen-bond donors (Lipinski definition) is 1. The van der Waals surface area contributed by atoms with Gasteiger partial charge in [-0.15, -0.1) is 11.3 Å². The Kier molecular flexibility index (Phi) is 2.90. The lowest BCUT2D eigenvalue weighted by molar-refractivity contribution is -0.108. The minimum absolute atomic E-state index is 0.274. The van der Waals surface area contributed by atoms with Gasteiger partial charge in [-0.2, -0.15) is 0 Å². The molecule has 2 aromatic rings. The third-order valence-electron chi connectivity index (χ3n) is 2.77. The molecule has 0 radical (unpaired) electrons. The van der Waals surface area contributed by atoms with Crippen molar-refractivity contribution in [2.75, 3.05) is 11.9 Å². The van der Waals surface area contributed by atoms with E-state index in [9.17, 15) is 4.79 Å². The van der Waals surface area contributed by atoms with Crippen LogP contribution in [0.15, 0.2) is 40.8 Å². The molecule has 1 unspecified atom stereocenters. The zero-order chi connectivity index (χ0) is 12.4. The van der Waals surface area contributed by atoms with Crippen LogP contribution in [0.25, 0.3) is 0 Å². The van der Waals surface area contributed by atoms with E-state index < -0.39 is 0 Å². The summed E-state index contributed by atoms with van der Waals surface area (Å²) in [6.07, 6.45) is 2.66. The van der Waals surface area contributed by atoms with Gasteiger partial charge in [0.2, 0.25) is 0 Å². The van der Waals surface area contributed by atoms with Gasteiger partial charge in [0, 0.05) is 22.8 Å². The van der Waals surface area contributed by atoms with Crippen molar-refractivity contribution in [2.24, 2.45) is 4.99 Å². The number of aliphatic imine (C=N–C) groups is 1. The van der Waals surface area contributed by atoms with Crippen LogP contribution in [0.5, 0.6) is 0 Å². The van der Waals surface area contributed by atoms with Gasteiger partial charge in [-0.3, -0.25) is 4.99 Å². The van der Waals surface area contributed by atoms with Gasteiger partial charge in [-0.1, -0.05) is 18.2 Å². The number of carbonyl (C=O) groups is 1. The Labute approximate surface area is 108 Å².